The molecule has 4 rings (SSSR count). The lowest BCUT2D eigenvalue weighted by Crippen LogP contribution is -2.22. The Kier molecular flexibility index (Phi) is 6.38. The Bertz CT molecular complexity index is 1120. The fraction of sp³-hybridized carbons (Fsp3) is 0.0741. The van der Waals surface area contributed by atoms with Gasteiger partial charge in [0, 0.05) is 12.1 Å². The van der Waals surface area contributed by atoms with Crippen molar-refractivity contribution in [3.05, 3.63) is 126 Å². The number of carbonyl (C=O) groups is 1. The minimum Gasteiger partial charge on any atom is -0.489 e. The molecule has 4 aromatic rings. The van der Waals surface area contributed by atoms with Crippen LogP contribution in [0, 0.1) is 5.82 Å². The SMILES string of the molecule is O=C(NCc1ccc(OCc2ccc(F)cc2)cc1)c1ccc(-c2ccccc2)cc1. The summed E-state index contributed by atoms with van der Waals surface area (Å²) >= 11 is 0. The Balaban J connectivity index is 1.28. The zero-order valence-corrected chi connectivity index (χ0v) is 16.9. The van der Waals surface area contributed by atoms with E-state index in [-0.39, 0.29) is 11.7 Å². The maximum absolute atomic E-state index is 12.9. The second kappa shape index (κ2) is 9.72. The molecule has 31 heavy (non-hydrogen) atoms. The van der Waals surface area contributed by atoms with Gasteiger partial charge in [0.05, 0.1) is 0 Å². The molecule has 0 radical (unpaired) electrons. The van der Waals surface area contributed by atoms with Gasteiger partial charge in [0.1, 0.15) is 18.2 Å². The summed E-state index contributed by atoms with van der Waals surface area (Å²) in [5.74, 6) is 0.342. The smallest absolute Gasteiger partial charge is 0.251 e. The third-order valence-electron chi connectivity index (χ3n) is 4.95. The maximum Gasteiger partial charge on any atom is 0.251 e. The first-order valence-electron chi connectivity index (χ1n) is 10.1. The van der Waals surface area contributed by atoms with E-state index in [1.54, 1.807) is 12.1 Å². The van der Waals surface area contributed by atoms with E-state index in [9.17, 15) is 9.18 Å². The molecule has 0 saturated carbocycles. The van der Waals surface area contributed by atoms with E-state index in [0.29, 0.717) is 18.7 Å². The van der Waals surface area contributed by atoms with Crippen molar-refractivity contribution in [3.63, 3.8) is 0 Å². The fourth-order valence-electron chi connectivity index (χ4n) is 3.18. The molecule has 1 N–H and O–H groups in total. The molecule has 0 fully saturated rings. The molecule has 0 spiro atoms. The minimum atomic E-state index is -0.262. The highest BCUT2D eigenvalue weighted by Crippen LogP contribution is 2.19. The lowest BCUT2D eigenvalue weighted by molar-refractivity contribution is 0.0951. The highest BCUT2D eigenvalue weighted by molar-refractivity contribution is 5.94. The Hall–Kier alpha value is -3.92. The van der Waals surface area contributed by atoms with Gasteiger partial charge in [-0.2, -0.15) is 0 Å². The largest absolute Gasteiger partial charge is 0.489 e. The third kappa shape index (κ3) is 5.58. The average Bonchev–Trinajstić information content (AvgIpc) is 2.83. The zero-order chi connectivity index (χ0) is 21.5. The molecule has 0 atom stereocenters. The first-order valence-corrected chi connectivity index (χ1v) is 10.1. The molecule has 0 unspecified atom stereocenters. The maximum atomic E-state index is 12.9. The number of ether oxygens (including phenoxy) is 1. The van der Waals surface area contributed by atoms with Crippen LogP contribution in [0.1, 0.15) is 21.5 Å². The van der Waals surface area contributed by atoms with Crippen LogP contribution in [0.2, 0.25) is 0 Å². The highest BCUT2D eigenvalue weighted by atomic mass is 19.1. The number of hydrogen-bond donors (Lipinski definition) is 1. The molecule has 0 aliphatic rings. The summed E-state index contributed by atoms with van der Waals surface area (Å²) < 4.78 is 18.7. The van der Waals surface area contributed by atoms with Gasteiger partial charge in [0.2, 0.25) is 0 Å². The predicted molar refractivity (Wildman–Crippen MR) is 120 cm³/mol. The summed E-state index contributed by atoms with van der Waals surface area (Å²) in [4.78, 5) is 12.5. The second-order valence-corrected chi connectivity index (χ2v) is 7.19. The van der Waals surface area contributed by atoms with Crippen molar-refractivity contribution in [2.24, 2.45) is 0 Å². The Morgan fingerprint density at radius 3 is 2.00 bits per heavy atom. The van der Waals surface area contributed by atoms with Crippen LogP contribution in [0.4, 0.5) is 4.39 Å². The van der Waals surface area contributed by atoms with E-state index >= 15 is 0 Å². The molecule has 1 amide bonds. The van der Waals surface area contributed by atoms with Crippen LogP contribution >= 0.6 is 0 Å². The second-order valence-electron chi connectivity index (χ2n) is 7.19. The zero-order valence-electron chi connectivity index (χ0n) is 16.9. The number of nitrogens with one attached hydrogen (secondary N) is 1. The number of halogens is 1. The van der Waals surface area contributed by atoms with Crippen molar-refractivity contribution in [3.8, 4) is 16.9 Å². The summed E-state index contributed by atoms with van der Waals surface area (Å²) in [6.07, 6.45) is 0. The Morgan fingerprint density at radius 2 is 1.32 bits per heavy atom. The van der Waals surface area contributed by atoms with Gasteiger partial charge in [-0.1, -0.05) is 66.7 Å². The van der Waals surface area contributed by atoms with E-state index in [4.69, 9.17) is 4.74 Å². The summed E-state index contributed by atoms with van der Waals surface area (Å²) in [5.41, 5.74) is 4.70. The Labute approximate surface area is 181 Å². The summed E-state index contributed by atoms with van der Waals surface area (Å²) in [6, 6.07) is 31.4. The minimum absolute atomic E-state index is 0.115. The van der Waals surface area contributed by atoms with Crippen LogP contribution in [0.15, 0.2) is 103 Å². The molecule has 4 heteroatoms. The first-order chi connectivity index (χ1) is 15.2. The fourth-order valence-corrected chi connectivity index (χ4v) is 3.18. The number of amides is 1. The van der Waals surface area contributed by atoms with E-state index in [2.05, 4.69) is 5.32 Å². The standard InChI is InChI=1S/C27H22FNO2/c28-25-14-6-21(7-15-25)19-31-26-16-8-20(9-17-26)18-29-27(30)24-12-10-23(11-13-24)22-4-2-1-3-5-22/h1-17H,18-19H2,(H,29,30). The molecular weight excluding hydrogens is 389 g/mol. The van der Waals surface area contributed by atoms with Gasteiger partial charge in [0.15, 0.2) is 0 Å². The van der Waals surface area contributed by atoms with Gasteiger partial charge in [-0.05, 0) is 58.7 Å². The van der Waals surface area contributed by atoms with Gasteiger partial charge in [-0.3, -0.25) is 4.79 Å². The number of benzene rings is 4. The number of carbonyl (C=O) groups excluding carboxylic acids is 1. The molecule has 0 aromatic heterocycles. The summed E-state index contributed by atoms with van der Waals surface area (Å²) in [5, 5.41) is 2.94. The van der Waals surface area contributed by atoms with Gasteiger partial charge >= 0.3 is 0 Å². The molecule has 0 aliphatic heterocycles. The Morgan fingerprint density at radius 1 is 0.710 bits per heavy atom. The third-order valence-corrected chi connectivity index (χ3v) is 4.95. The molecule has 0 heterocycles. The lowest BCUT2D eigenvalue weighted by Gasteiger charge is -2.09. The van der Waals surface area contributed by atoms with Gasteiger partial charge in [-0.15, -0.1) is 0 Å². The molecule has 0 aliphatic carbocycles. The summed E-state index contributed by atoms with van der Waals surface area (Å²) in [6.45, 7) is 0.798. The average molecular weight is 411 g/mol. The lowest BCUT2D eigenvalue weighted by atomic mass is 10.0. The number of rotatable bonds is 7. The molecule has 154 valence electrons. The van der Waals surface area contributed by atoms with Crippen LogP contribution in [-0.4, -0.2) is 5.91 Å². The molecule has 0 bridgehead atoms. The van der Waals surface area contributed by atoms with Gasteiger partial charge in [-0.25, -0.2) is 4.39 Å². The van der Waals surface area contributed by atoms with Crippen LogP contribution in [0.5, 0.6) is 5.75 Å². The monoisotopic (exact) mass is 411 g/mol. The quantitative estimate of drug-likeness (QED) is 0.405. The summed E-state index contributed by atoms with van der Waals surface area (Å²) in [7, 11) is 0. The van der Waals surface area contributed by atoms with Crippen LogP contribution in [0.25, 0.3) is 11.1 Å². The van der Waals surface area contributed by atoms with Crippen LogP contribution < -0.4 is 10.1 Å². The van der Waals surface area contributed by atoms with Gasteiger partial charge in [0.25, 0.3) is 5.91 Å². The van der Waals surface area contributed by atoms with Crippen LogP contribution in [-0.2, 0) is 13.2 Å². The molecule has 4 aromatic carbocycles. The van der Waals surface area contributed by atoms with Crippen molar-refractivity contribution >= 4 is 5.91 Å². The van der Waals surface area contributed by atoms with Crippen molar-refractivity contribution in [1.29, 1.82) is 0 Å². The van der Waals surface area contributed by atoms with Crippen molar-refractivity contribution in [2.75, 3.05) is 0 Å². The predicted octanol–water partition coefficient (Wildman–Crippen LogP) is 6.00. The molecular formula is C27H22FNO2. The first kappa shape index (κ1) is 20.4. The molecule has 0 saturated heterocycles. The number of hydrogen-bond acceptors (Lipinski definition) is 2. The van der Waals surface area contributed by atoms with E-state index in [1.165, 1.54) is 12.1 Å². The van der Waals surface area contributed by atoms with Crippen molar-refractivity contribution in [2.45, 2.75) is 13.2 Å². The van der Waals surface area contributed by atoms with E-state index in [1.807, 2.05) is 78.9 Å². The molecule has 3 nitrogen and oxygen atoms in total. The van der Waals surface area contributed by atoms with E-state index < -0.39 is 0 Å². The van der Waals surface area contributed by atoms with Crippen molar-refractivity contribution in [1.82, 2.24) is 5.32 Å². The topological polar surface area (TPSA) is 38.3 Å². The van der Waals surface area contributed by atoms with Crippen LogP contribution in [0.3, 0.4) is 0 Å². The van der Waals surface area contributed by atoms with Crippen molar-refractivity contribution < 1.29 is 13.9 Å². The van der Waals surface area contributed by atoms with E-state index in [0.717, 1.165) is 28.0 Å². The normalized spacial score (nSPS) is 10.5. The highest BCUT2D eigenvalue weighted by Gasteiger charge is 2.06. The van der Waals surface area contributed by atoms with Gasteiger partial charge < -0.3 is 10.1 Å².